The van der Waals surface area contributed by atoms with Crippen molar-refractivity contribution in [1.29, 1.82) is 0 Å². The molecule has 8 nitrogen and oxygen atoms in total. The zero-order valence-corrected chi connectivity index (χ0v) is 23.2. The lowest BCUT2D eigenvalue weighted by Crippen LogP contribution is -2.55. The molecule has 2 saturated heterocycles. The number of hydrogen-bond acceptors (Lipinski definition) is 8. The van der Waals surface area contributed by atoms with Crippen molar-refractivity contribution < 1.29 is 38.1 Å². The minimum absolute atomic E-state index is 0.0176. The maximum absolute atomic E-state index is 12.3. The third kappa shape index (κ3) is 5.42. The lowest BCUT2D eigenvalue weighted by molar-refractivity contribution is -0.204. The smallest absolute Gasteiger partial charge is 0.312 e. The average molecular weight is 509 g/mol. The molecule has 2 heterocycles. The van der Waals surface area contributed by atoms with Crippen LogP contribution in [0.25, 0.3) is 0 Å². The van der Waals surface area contributed by atoms with Gasteiger partial charge in [-0.3, -0.25) is 19.2 Å². The van der Waals surface area contributed by atoms with Crippen LogP contribution >= 0.6 is 0 Å². The Bertz CT molecular complexity index is 892. The van der Waals surface area contributed by atoms with E-state index in [-0.39, 0.29) is 47.9 Å². The van der Waals surface area contributed by atoms with Crippen molar-refractivity contribution in [2.75, 3.05) is 0 Å². The van der Waals surface area contributed by atoms with Crippen LogP contribution in [0.15, 0.2) is 0 Å². The molecule has 2 saturated carbocycles. The summed E-state index contributed by atoms with van der Waals surface area (Å²) in [5, 5.41) is 0. The fraction of sp³-hybridized carbons (Fsp3) is 0.857. The van der Waals surface area contributed by atoms with E-state index in [0.29, 0.717) is 19.3 Å². The van der Waals surface area contributed by atoms with Crippen LogP contribution in [0.1, 0.15) is 107 Å². The van der Waals surface area contributed by atoms with Gasteiger partial charge in [-0.15, -0.1) is 0 Å². The van der Waals surface area contributed by atoms with Crippen molar-refractivity contribution >= 4 is 23.9 Å². The molecule has 2 aliphatic heterocycles. The predicted octanol–water partition coefficient (Wildman–Crippen LogP) is 4.90. The molecule has 0 aromatic heterocycles. The summed E-state index contributed by atoms with van der Waals surface area (Å²) in [6.07, 6.45) is 5.33. The molecule has 0 N–H and O–H groups in total. The predicted molar refractivity (Wildman–Crippen MR) is 132 cm³/mol. The maximum atomic E-state index is 12.3. The normalized spacial score (nSPS) is 35.2. The first-order chi connectivity index (χ1) is 16.6. The minimum Gasteiger partial charge on any atom is -0.458 e. The summed E-state index contributed by atoms with van der Waals surface area (Å²) in [7, 11) is 0. The van der Waals surface area contributed by atoms with Crippen molar-refractivity contribution in [3.63, 3.8) is 0 Å². The number of carbonyl (C=O) groups is 4. The van der Waals surface area contributed by atoms with Crippen LogP contribution in [0, 0.1) is 22.7 Å². The molecule has 8 heteroatoms. The van der Waals surface area contributed by atoms with E-state index in [0.717, 1.165) is 32.1 Å². The highest BCUT2D eigenvalue weighted by Gasteiger charge is 2.61. The van der Waals surface area contributed by atoms with Gasteiger partial charge in [0.15, 0.2) is 0 Å². The molecule has 4 fully saturated rings. The molecule has 0 aromatic rings. The van der Waals surface area contributed by atoms with Crippen LogP contribution in [0.3, 0.4) is 0 Å². The molecule has 2 aliphatic carbocycles. The monoisotopic (exact) mass is 508 g/mol. The van der Waals surface area contributed by atoms with Crippen molar-refractivity contribution in [3.8, 4) is 0 Å². The molecular formula is C28H44O8. The third-order valence-electron chi connectivity index (χ3n) is 9.16. The molecule has 204 valence electrons. The number of hydrogen-bond donors (Lipinski definition) is 0. The molecule has 6 unspecified atom stereocenters. The first-order valence-electron chi connectivity index (χ1n) is 13.5. The van der Waals surface area contributed by atoms with Crippen molar-refractivity contribution in [3.05, 3.63) is 0 Å². The average Bonchev–Trinajstić information content (AvgIpc) is 3.26. The first-order valence-corrected chi connectivity index (χ1v) is 13.5. The number of fused-ring (bicyclic) bond motifs is 4. The van der Waals surface area contributed by atoms with E-state index >= 15 is 0 Å². The second kappa shape index (κ2) is 9.97. The van der Waals surface area contributed by atoms with Crippen LogP contribution < -0.4 is 0 Å². The molecule has 4 aliphatic rings. The quantitative estimate of drug-likeness (QED) is 0.368. The van der Waals surface area contributed by atoms with Crippen molar-refractivity contribution in [2.45, 2.75) is 130 Å². The van der Waals surface area contributed by atoms with Crippen LogP contribution in [-0.4, -0.2) is 47.3 Å². The SMILES string of the molecule is CCC(C)(C)C(=O)OC1(C)CCC2CC1(C)OC2=O.CCC(C)(C)C(=O)OC1CCC2CC1OC2=O. The summed E-state index contributed by atoms with van der Waals surface area (Å²) in [4.78, 5) is 47.4. The summed E-state index contributed by atoms with van der Waals surface area (Å²) < 4.78 is 22.1. The number of esters is 4. The molecule has 4 rings (SSSR count). The van der Waals surface area contributed by atoms with Crippen molar-refractivity contribution in [1.82, 2.24) is 0 Å². The Morgan fingerprint density at radius 1 is 0.917 bits per heavy atom. The van der Waals surface area contributed by atoms with E-state index in [4.69, 9.17) is 18.9 Å². The standard InChI is InChI=1S/C15H24O4.C13H20O4/c1-6-13(2,3)12(17)19-14(4)8-7-10-9-15(14,5)18-11(10)16;1-4-13(2,3)12(15)17-9-6-5-8-7-10(9)16-11(8)14/h10H,6-9H2,1-5H3;8-10H,4-7H2,1-3H3. The summed E-state index contributed by atoms with van der Waals surface area (Å²) in [5.74, 6) is -0.642. The highest BCUT2D eigenvalue weighted by molar-refractivity contribution is 5.79. The molecule has 6 atom stereocenters. The Hall–Kier alpha value is -2.12. The van der Waals surface area contributed by atoms with Gasteiger partial charge in [0, 0.05) is 12.8 Å². The van der Waals surface area contributed by atoms with Crippen molar-refractivity contribution in [2.24, 2.45) is 22.7 Å². The second-order valence-corrected chi connectivity index (χ2v) is 12.6. The molecule has 0 spiro atoms. The molecule has 4 bridgehead atoms. The third-order valence-corrected chi connectivity index (χ3v) is 9.16. The fourth-order valence-electron chi connectivity index (χ4n) is 5.07. The van der Waals surface area contributed by atoms with Gasteiger partial charge in [0.2, 0.25) is 0 Å². The molecule has 36 heavy (non-hydrogen) atoms. The largest absolute Gasteiger partial charge is 0.458 e. The van der Waals surface area contributed by atoms with Gasteiger partial charge < -0.3 is 18.9 Å². The van der Waals surface area contributed by atoms with Crippen LogP contribution in [0.4, 0.5) is 0 Å². The van der Waals surface area contributed by atoms with E-state index in [1.54, 1.807) is 0 Å². The van der Waals surface area contributed by atoms with E-state index in [2.05, 4.69) is 0 Å². The van der Waals surface area contributed by atoms with Gasteiger partial charge in [-0.05, 0) is 80.1 Å². The van der Waals surface area contributed by atoms with Gasteiger partial charge in [0.1, 0.15) is 23.4 Å². The minimum atomic E-state index is -0.709. The second-order valence-electron chi connectivity index (χ2n) is 12.6. The van der Waals surface area contributed by atoms with E-state index in [1.807, 2.05) is 55.4 Å². The van der Waals surface area contributed by atoms with E-state index < -0.39 is 22.0 Å². The van der Waals surface area contributed by atoms with Gasteiger partial charge in [-0.25, -0.2) is 0 Å². The topological polar surface area (TPSA) is 105 Å². The Morgan fingerprint density at radius 3 is 2.14 bits per heavy atom. The first kappa shape index (κ1) is 28.5. The van der Waals surface area contributed by atoms with Crippen LogP contribution in [-0.2, 0) is 38.1 Å². The fourth-order valence-corrected chi connectivity index (χ4v) is 5.07. The van der Waals surface area contributed by atoms with E-state index in [9.17, 15) is 19.2 Å². The highest BCUT2D eigenvalue weighted by atomic mass is 16.6. The highest BCUT2D eigenvalue weighted by Crippen LogP contribution is 2.50. The summed E-state index contributed by atoms with van der Waals surface area (Å²) >= 11 is 0. The summed E-state index contributed by atoms with van der Waals surface area (Å²) in [6.45, 7) is 15.2. The zero-order chi connectivity index (χ0) is 27.1. The Balaban J connectivity index is 0.000000202. The van der Waals surface area contributed by atoms with Gasteiger partial charge in [0.25, 0.3) is 0 Å². The number of carbonyl (C=O) groups excluding carboxylic acids is 4. The number of ether oxygens (including phenoxy) is 4. The van der Waals surface area contributed by atoms with Crippen LogP contribution in [0.2, 0.25) is 0 Å². The van der Waals surface area contributed by atoms with Gasteiger partial charge >= 0.3 is 23.9 Å². The summed E-state index contributed by atoms with van der Waals surface area (Å²) in [5.41, 5.74) is -2.34. The molecule has 0 aromatic carbocycles. The Labute approximate surface area is 215 Å². The van der Waals surface area contributed by atoms with Gasteiger partial charge in [-0.2, -0.15) is 0 Å². The maximum Gasteiger partial charge on any atom is 0.312 e. The molecule has 0 radical (unpaired) electrons. The van der Waals surface area contributed by atoms with E-state index in [1.165, 1.54) is 0 Å². The molecular weight excluding hydrogens is 464 g/mol. The van der Waals surface area contributed by atoms with Gasteiger partial charge in [0.05, 0.1) is 22.7 Å². The Morgan fingerprint density at radius 2 is 1.53 bits per heavy atom. The molecule has 0 amide bonds. The van der Waals surface area contributed by atoms with Crippen LogP contribution in [0.5, 0.6) is 0 Å². The zero-order valence-electron chi connectivity index (χ0n) is 23.2. The lowest BCUT2D eigenvalue weighted by Gasteiger charge is -2.45. The number of rotatable bonds is 6. The van der Waals surface area contributed by atoms with Gasteiger partial charge in [-0.1, -0.05) is 13.8 Å². The lowest BCUT2D eigenvalue weighted by atomic mass is 9.71. The summed E-state index contributed by atoms with van der Waals surface area (Å²) in [6, 6.07) is 0. The Kier molecular flexibility index (Phi) is 7.88.